The third-order valence-corrected chi connectivity index (χ3v) is 3.69. The Labute approximate surface area is 111 Å². The molecule has 0 aromatic carbocycles. The van der Waals surface area contributed by atoms with Crippen LogP contribution in [0.5, 0.6) is 0 Å². The van der Waals surface area contributed by atoms with Crippen molar-refractivity contribution in [3.05, 3.63) is 0 Å². The van der Waals surface area contributed by atoms with Gasteiger partial charge in [0.15, 0.2) is 0 Å². The molecule has 18 heavy (non-hydrogen) atoms. The number of ether oxygens (including phenoxy) is 1. The maximum absolute atomic E-state index is 12.0. The van der Waals surface area contributed by atoms with Gasteiger partial charge in [-0.05, 0) is 51.6 Å². The molecule has 1 aliphatic heterocycles. The van der Waals surface area contributed by atoms with Gasteiger partial charge in [0.05, 0.1) is 6.61 Å². The first-order valence-electron chi connectivity index (χ1n) is 7.33. The Hall–Kier alpha value is -0.610. The van der Waals surface area contributed by atoms with Crippen LogP contribution in [0.2, 0.25) is 0 Å². The smallest absolute Gasteiger partial charge is 0.323 e. The molecule has 0 bridgehead atoms. The molecule has 0 radical (unpaired) electrons. The number of carbonyl (C=O) groups excluding carboxylic acids is 1. The zero-order valence-electron chi connectivity index (χ0n) is 11.9. The second-order valence-corrected chi connectivity index (χ2v) is 5.14. The lowest BCUT2D eigenvalue weighted by Crippen LogP contribution is -2.47. The van der Waals surface area contributed by atoms with Crippen LogP contribution in [0.25, 0.3) is 0 Å². The maximum Gasteiger partial charge on any atom is 0.323 e. The Balaban J connectivity index is 2.57. The second kappa shape index (κ2) is 8.48. The van der Waals surface area contributed by atoms with Gasteiger partial charge in [0.25, 0.3) is 0 Å². The molecule has 0 spiro atoms. The summed E-state index contributed by atoms with van der Waals surface area (Å²) in [6, 6.07) is -0.0458. The van der Waals surface area contributed by atoms with E-state index in [1.54, 1.807) is 0 Å². The van der Waals surface area contributed by atoms with Gasteiger partial charge in [0.1, 0.15) is 6.04 Å². The van der Waals surface area contributed by atoms with E-state index in [0.717, 1.165) is 38.9 Å². The monoisotopic (exact) mass is 256 g/mol. The lowest BCUT2D eigenvalue weighted by molar-refractivity contribution is -0.150. The topological polar surface area (TPSA) is 55.6 Å². The average Bonchev–Trinajstić information content (AvgIpc) is 2.37. The fraction of sp³-hybridized carbons (Fsp3) is 0.929. The Bertz CT molecular complexity index is 244. The van der Waals surface area contributed by atoms with Gasteiger partial charge < -0.3 is 10.5 Å². The first-order chi connectivity index (χ1) is 8.72. The minimum atomic E-state index is -0.0484. The van der Waals surface area contributed by atoms with Crippen molar-refractivity contribution in [2.75, 3.05) is 26.2 Å². The molecule has 2 atom stereocenters. The van der Waals surface area contributed by atoms with E-state index in [1.165, 1.54) is 12.8 Å². The zero-order chi connectivity index (χ0) is 13.4. The van der Waals surface area contributed by atoms with Gasteiger partial charge in [-0.3, -0.25) is 9.69 Å². The van der Waals surface area contributed by atoms with Gasteiger partial charge in [-0.25, -0.2) is 0 Å². The highest BCUT2D eigenvalue weighted by Crippen LogP contribution is 2.23. The van der Waals surface area contributed by atoms with Crippen LogP contribution >= 0.6 is 0 Å². The molecule has 0 aromatic heterocycles. The molecule has 106 valence electrons. The largest absolute Gasteiger partial charge is 0.465 e. The number of rotatable bonds is 7. The maximum atomic E-state index is 12.0. The van der Waals surface area contributed by atoms with Crippen molar-refractivity contribution in [2.45, 2.75) is 52.0 Å². The molecule has 0 aliphatic carbocycles. The van der Waals surface area contributed by atoms with Crippen molar-refractivity contribution in [1.82, 2.24) is 4.90 Å². The number of likely N-dealkylation sites (tertiary alicyclic amines) is 1. The Morgan fingerprint density at radius 3 is 2.89 bits per heavy atom. The number of hydrogen-bond donors (Lipinski definition) is 1. The fourth-order valence-corrected chi connectivity index (χ4v) is 2.81. The molecule has 0 aromatic rings. The number of nitrogens with two attached hydrogens (primary N) is 1. The molecule has 1 fully saturated rings. The van der Waals surface area contributed by atoms with E-state index < -0.39 is 0 Å². The summed E-state index contributed by atoms with van der Waals surface area (Å²) in [5, 5.41) is 0. The van der Waals surface area contributed by atoms with Crippen LogP contribution in [0.1, 0.15) is 46.0 Å². The summed E-state index contributed by atoms with van der Waals surface area (Å²) in [6.07, 6.45) is 5.40. The van der Waals surface area contributed by atoms with E-state index in [0.29, 0.717) is 12.5 Å². The van der Waals surface area contributed by atoms with Crippen LogP contribution in [-0.4, -0.2) is 43.2 Å². The lowest BCUT2D eigenvalue weighted by Gasteiger charge is -2.37. The van der Waals surface area contributed by atoms with E-state index in [1.807, 2.05) is 6.92 Å². The van der Waals surface area contributed by atoms with Gasteiger partial charge in [-0.15, -0.1) is 0 Å². The van der Waals surface area contributed by atoms with Gasteiger partial charge in [0.2, 0.25) is 0 Å². The molecule has 1 rings (SSSR count). The minimum absolute atomic E-state index is 0.0458. The summed E-state index contributed by atoms with van der Waals surface area (Å²) < 4.78 is 5.20. The van der Waals surface area contributed by atoms with E-state index in [4.69, 9.17) is 10.5 Å². The van der Waals surface area contributed by atoms with Crippen LogP contribution < -0.4 is 5.73 Å². The highest BCUT2D eigenvalue weighted by Gasteiger charge is 2.30. The van der Waals surface area contributed by atoms with Crippen molar-refractivity contribution < 1.29 is 9.53 Å². The number of nitrogens with zero attached hydrogens (tertiary/aromatic N) is 1. The van der Waals surface area contributed by atoms with E-state index in [-0.39, 0.29) is 12.0 Å². The molecule has 1 heterocycles. The molecule has 1 aliphatic rings. The predicted octanol–water partition coefficient (Wildman–Crippen LogP) is 1.78. The van der Waals surface area contributed by atoms with Crippen LogP contribution in [0.4, 0.5) is 0 Å². The van der Waals surface area contributed by atoms with Crippen molar-refractivity contribution in [3.8, 4) is 0 Å². The summed E-state index contributed by atoms with van der Waals surface area (Å²) in [6.45, 7) is 7.22. The minimum Gasteiger partial charge on any atom is -0.465 e. The first-order valence-corrected chi connectivity index (χ1v) is 7.33. The van der Waals surface area contributed by atoms with Gasteiger partial charge in [-0.2, -0.15) is 0 Å². The highest BCUT2D eigenvalue weighted by molar-refractivity contribution is 5.75. The van der Waals surface area contributed by atoms with Crippen LogP contribution in [0.15, 0.2) is 0 Å². The fourth-order valence-electron chi connectivity index (χ4n) is 2.81. The van der Waals surface area contributed by atoms with E-state index >= 15 is 0 Å². The number of carbonyl (C=O) groups is 1. The molecule has 1 saturated heterocycles. The second-order valence-electron chi connectivity index (χ2n) is 5.14. The number of piperidine rings is 1. The van der Waals surface area contributed by atoms with Crippen molar-refractivity contribution >= 4 is 5.97 Å². The number of hydrogen-bond acceptors (Lipinski definition) is 4. The normalized spacial score (nSPS) is 22.7. The SMILES string of the molecule is CCCC(C(=O)OCC)N1CCCC(CCN)C1. The molecule has 2 N–H and O–H groups in total. The molecule has 2 unspecified atom stereocenters. The lowest BCUT2D eigenvalue weighted by atomic mass is 9.93. The molecular formula is C14H28N2O2. The third-order valence-electron chi connectivity index (χ3n) is 3.69. The zero-order valence-corrected chi connectivity index (χ0v) is 11.9. The third kappa shape index (κ3) is 4.58. The predicted molar refractivity (Wildman–Crippen MR) is 73.3 cm³/mol. The van der Waals surface area contributed by atoms with Crippen LogP contribution in [0.3, 0.4) is 0 Å². The van der Waals surface area contributed by atoms with Crippen molar-refractivity contribution in [2.24, 2.45) is 11.7 Å². The summed E-state index contributed by atoms with van der Waals surface area (Å²) in [5.41, 5.74) is 5.64. The summed E-state index contributed by atoms with van der Waals surface area (Å²) >= 11 is 0. The van der Waals surface area contributed by atoms with Gasteiger partial charge in [-0.1, -0.05) is 13.3 Å². The van der Waals surface area contributed by atoms with Crippen LogP contribution in [-0.2, 0) is 9.53 Å². The van der Waals surface area contributed by atoms with Crippen molar-refractivity contribution in [3.63, 3.8) is 0 Å². The quantitative estimate of drug-likeness (QED) is 0.705. The summed E-state index contributed by atoms with van der Waals surface area (Å²) in [4.78, 5) is 14.3. The average molecular weight is 256 g/mol. The Kier molecular flexibility index (Phi) is 7.28. The summed E-state index contributed by atoms with van der Waals surface area (Å²) in [7, 11) is 0. The molecule has 0 saturated carbocycles. The van der Waals surface area contributed by atoms with Crippen LogP contribution in [0, 0.1) is 5.92 Å². The number of esters is 1. The molecule has 4 nitrogen and oxygen atoms in total. The summed E-state index contributed by atoms with van der Waals surface area (Å²) in [5.74, 6) is 0.602. The standard InChI is InChI=1S/C14H28N2O2/c1-3-6-13(14(17)18-4-2)16-10-5-7-12(11-16)8-9-15/h12-13H,3-11,15H2,1-2H3. The molecule has 4 heteroatoms. The Morgan fingerprint density at radius 2 is 2.28 bits per heavy atom. The van der Waals surface area contributed by atoms with Gasteiger partial charge >= 0.3 is 5.97 Å². The first kappa shape index (κ1) is 15.4. The van der Waals surface area contributed by atoms with Crippen molar-refractivity contribution in [1.29, 1.82) is 0 Å². The Morgan fingerprint density at radius 1 is 1.50 bits per heavy atom. The van der Waals surface area contributed by atoms with Gasteiger partial charge in [0, 0.05) is 6.54 Å². The molecule has 0 amide bonds. The van der Waals surface area contributed by atoms with E-state index in [2.05, 4.69) is 11.8 Å². The molecular weight excluding hydrogens is 228 g/mol. The highest BCUT2D eigenvalue weighted by atomic mass is 16.5. The van der Waals surface area contributed by atoms with E-state index in [9.17, 15) is 4.79 Å².